The molecule has 15 heavy (non-hydrogen) atoms. The molecule has 0 aromatic heterocycles. The second-order valence-corrected chi connectivity index (χ2v) is 5.58. The third-order valence-corrected chi connectivity index (χ3v) is 4.40. The largest absolute Gasteiger partial charge is 0.389 e. The first-order valence-electron chi connectivity index (χ1n) is 5.71. The normalized spacial score (nSPS) is 19.3. The van der Waals surface area contributed by atoms with Crippen molar-refractivity contribution in [3.8, 4) is 0 Å². The van der Waals surface area contributed by atoms with Gasteiger partial charge in [-0.3, -0.25) is 0 Å². The molecule has 0 saturated heterocycles. The number of hydrogen-bond acceptors (Lipinski definition) is 2. The van der Waals surface area contributed by atoms with Crippen molar-refractivity contribution in [3.63, 3.8) is 0 Å². The second-order valence-electron chi connectivity index (χ2n) is 4.24. The monoisotopic (exact) mass is 222 g/mol. The second kappa shape index (κ2) is 5.04. The third kappa shape index (κ3) is 2.76. The van der Waals surface area contributed by atoms with Gasteiger partial charge in [-0.25, -0.2) is 0 Å². The Morgan fingerprint density at radius 3 is 2.60 bits per heavy atom. The first-order chi connectivity index (χ1) is 7.27. The summed E-state index contributed by atoms with van der Waals surface area (Å²) in [5.74, 6) is 0. The summed E-state index contributed by atoms with van der Waals surface area (Å²) in [6.45, 7) is 1.84. The predicted molar refractivity (Wildman–Crippen MR) is 65.2 cm³/mol. The van der Waals surface area contributed by atoms with E-state index in [0.717, 1.165) is 10.8 Å². The Bertz CT molecular complexity index is 316. The predicted octanol–water partition coefficient (Wildman–Crippen LogP) is 3.77. The smallest absolute Gasteiger partial charge is 0.0772 e. The zero-order chi connectivity index (χ0) is 10.7. The van der Waals surface area contributed by atoms with E-state index in [1.165, 1.54) is 30.6 Å². The van der Waals surface area contributed by atoms with E-state index in [4.69, 9.17) is 0 Å². The molecule has 0 heterocycles. The first kappa shape index (κ1) is 11.0. The minimum absolute atomic E-state index is 0.352. The quantitative estimate of drug-likeness (QED) is 0.840. The number of thioether (sulfide) groups is 1. The Hall–Kier alpha value is -0.470. The van der Waals surface area contributed by atoms with E-state index in [2.05, 4.69) is 12.1 Å². The average molecular weight is 222 g/mol. The zero-order valence-corrected chi connectivity index (χ0v) is 9.96. The Kier molecular flexibility index (Phi) is 3.71. The molecule has 1 N–H and O–H groups in total. The Morgan fingerprint density at radius 2 is 1.93 bits per heavy atom. The average Bonchev–Trinajstić information content (AvgIpc) is 2.71. The van der Waals surface area contributed by atoms with E-state index in [9.17, 15) is 5.11 Å². The van der Waals surface area contributed by atoms with Gasteiger partial charge >= 0.3 is 0 Å². The maximum atomic E-state index is 9.67. The van der Waals surface area contributed by atoms with Crippen LogP contribution in [-0.2, 0) is 0 Å². The summed E-state index contributed by atoms with van der Waals surface area (Å²) in [7, 11) is 0. The van der Waals surface area contributed by atoms with Crippen LogP contribution in [0.5, 0.6) is 0 Å². The molecule has 1 saturated carbocycles. The lowest BCUT2D eigenvalue weighted by molar-refractivity contribution is 0.196. The highest BCUT2D eigenvalue weighted by Gasteiger charge is 2.18. The maximum Gasteiger partial charge on any atom is 0.0772 e. The summed E-state index contributed by atoms with van der Waals surface area (Å²) in [5, 5.41) is 10.4. The highest BCUT2D eigenvalue weighted by Crippen LogP contribution is 2.37. The zero-order valence-electron chi connectivity index (χ0n) is 9.15. The number of hydrogen-bond donors (Lipinski definition) is 1. The van der Waals surface area contributed by atoms with Crippen LogP contribution in [0, 0.1) is 0 Å². The number of rotatable bonds is 3. The van der Waals surface area contributed by atoms with Gasteiger partial charge in [-0.15, -0.1) is 11.8 Å². The van der Waals surface area contributed by atoms with Gasteiger partial charge in [0.15, 0.2) is 0 Å². The summed E-state index contributed by atoms with van der Waals surface area (Å²) in [6.07, 6.45) is 5.05. The topological polar surface area (TPSA) is 20.2 Å². The lowest BCUT2D eigenvalue weighted by Crippen LogP contribution is -1.98. The molecule has 0 bridgehead atoms. The minimum atomic E-state index is -0.352. The van der Waals surface area contributed by atoms with Crippen molar-refractivity contribution in [2.45, 2.75) is 48.9 Å². The standard InChI is InChI=1S/C13H18OS/c1-10(14)12-8-4-5-9-13(12)15-11-6-2-3-7-11/h4-5,8-11,14H,2-3,6-7H2,1H3/t10-/m0/s1. The fraction of sp³-hybridized carbons (Fsp3) is 0.538. The molecule has 0 amide bonds. The highest BCUT2D eigenvalue weighted by atomic mass is 32.2. The molecule has 1 atom stereocenters. The molecule has 2 heteroatoms. The van der Waals surface area contributed by atoms with E-state index < -0.39 is 0 Å². The van der Waals surface area contributed by atoms with Gasteiger partial charge in [0, 0.05) is 10.1 Å². The van der Waals surface area contributed by atoms with Gasteiger partial charge in [-0.2, -0.15) is 0 Å². The SMILES string of the molecule is C[C@H](O)c1ccccc1SC1CCCC1. The van der Waals surface area contributed by atoms with Crippen molar-refractivity contribution >= 4 is 11.8 Å². The molecule has 1 fully saturated rings. The molecule has 1 aliphatic rings. The molecule has 82 valence electrons. The lowest BCUT2D eigenvalue weighted by Gasteiger charge is -2.14. The molecule has 2 rings (SSSR count). The van der Waals surface area contributed by atoms with Crippen LogP contribution < -0.4 is 0 Å². The van der Waals surface area contributed by atoms with Gasteiger partial charge in [0.05, 0.1) is 6.10 Å². The number of aliphatic hydroxyl groups is 1. The van der Waals surface area contributed by atoms with Gasteiger partial charge in [0.1, 0.15) is 0 Å². The summed E-state index contributed by atoms with van der Waals surface area (Å²) < 4.78 is 0. The Labute approximate surface area is 95.9 Å². The van der Waals surface area contributed by atoms with Crippen LogP contribution in [0.3, 0.4) is 0 Å². The molecular weight excluding hydrogens is 204 g/mol. The van der Waals surface area contributed by atoms with E-state index in [1.807, 2.05) is 30.8 Å². The molecule has 0 aliphatic heterocycles. The maximum absolute atomic E-state index is 9.67. The van der Waals surface area contributed by atoms with E-state index >= 15 is 0 Å². The third-order valence-electron chi connectivity index (χ3n) is 2.96. The van der Waals surface area contributed by atoms with Crippen LogP contribution in [0.1, 0.15) is 44.3 Å². The van der Waals surface area contributed by atoms with Crippen LogP contribution in [0.4, 0.5) is 0 Å². The molecule has 1 aromatic carbocycles. The molecule has 0 unspecified atom stereocenters. The molecular formula is C13H18OS. The molecule has 1 nitrogen and oxygen atoms in total. The highest BCUT2D eigenvalue weighted by molar-refractivity contribution is 8.00. The van der Waals surface area contributed by atoms with Crippen LogP contribution in [0.25, 0.3) is 0 Å². The fourth-order valence-electron chi connectivity index (χ4n) is 2.12. The first-order valence-corrected chi connectivity index (χ1v) is 6.59. The van der Waals surface area contributed by atoms with Crippen LogP contribution >= 0.6 is 11.8 Å². The van der Waals surface area contributed by atoms with Gasteiger partial charge in [0.2, 0.25) is 0 Å². The summed E-state index contributed by atoms with van der Waals surface area (Å²) in [6, 6.07) is 8.22. The van der Waals surface area contributed by atoms with Gasteiger partial charge in [-0.05, 0) is 31.4 Å². The van der Waals surface area contributed by atoms with E-state index in [0.29, 0.717) is 0 Å². The van der Waals surface area contributed by atoms with Gasteiger partial charge in [0.25, 0.3) is 0 Å². The minimum Gasteiger partial charge on any atom is -0.389 e. The summed E-state index contributed by atoms with van der Waals surface area (Å²) in [4.78, 5) is 1.26. The van der Waals surface area contributed by atoms with Crippen molar-refractivity contribution < 1.29 is 5.11 Å². The van der Waals surface area contributed by atoms with Gasteiger partial charge < -0.3 is 5.11 Å². The molecule has 1 aromatic rings. The fourth-order valence-corrected chi connectivity index (χ4v) is 3.58. The van der Waals surface area contributed by atoms with Crippen LogP contribution in [0.2, 0.25) is 0 Å². The Balaban J connectivity index is 2.12. The summed E-state index contributed by atoms with van der Waals surface area (Å²) in [5.41, 5.74) is 1.08. The Morgan fingerprint density at radius 1 is 1.27 bits per heavy atom. The summed E-state index contributed by atoms with van der Waals surface area (Å²) >= 11 is 1.95. The molecule has 0 radical (unpaired) electrons. The van der Waals surface area contributed by atoms with Gasteiger partial charge in [-0.1, -0.05) is 31.0 Å². The molecule has 1 aliphatic carbocycles. The van der Waals surface area contributed by atoms with Crippen molar-refractivity contribution in [3.05, 3.63) is 29.8 Å². The van der Waals surface area contributed by atoms with E-state index in [-0.39, 0.29) is 6.10 Å². The van der Waals surface area contributed by atoms with Crippen molar-refractivity contribution in [1.82, 2.24) is 0 Å². The van der Waals surface area contributed by atoms with Crippen molar-refractivity contribution in [2.75, 3.05) is 0 Å². The number of benzene rings is 1. The molecule has 0 spiro atoms. The van der Waals surface area contributed by atoms with Crippen molar-refractivity contribution in [1.29, 1.82) is 0 Å². The van der Waals surface area contributed by atoms with E-state index in [1.54, 1.807) is 0 Å². The lowest BCUT2D eigenvalue weighted by atomic mass is 10.1. The number of aliphatic hydroxyl groups excluding tert-OH is 1. The van der Waals surface area contributed by atoms with Crippen molar-refractivity contribution in [2.24, 2.45) is 0 Å². The van der Waals surface area contributed by atoms with Crippen LogP contribution in [-0.4, -0.2) is 10.4 Å². The van der Waals surface area contributed by atoms with Crippen LogP contribution in [0.15, 0.2) is 29.2 Å².